The fraction of sp³-hybridized carbons (Fsp3) is 0.500. The lowest BCUT2D eigenvalue weighted by molar-refractivity contribution is 0.575. The van der Waals surface area contributed by atoms with E-state index in [1.807, 2.05) is 36.9 Å². The van der Waals surface area contributed by atoms with Gasteiger partial charge in [0, 0.05) is 18.8 Å². The van der Waals surface area contributed by atoms with Crippen LogP contribution in [0.3, 0.4) is 0 Å². The van der Waals surface area contributed by atoms with E-state index in [0.717, 1.165) is 11.4 Å². The highest BCUT2D eigenvalue weighted by molar-refractivity contribution is 7.90. The van der Waals surface area contributed by atoms with Gasteiger partial charge in [-0.3, -0.25) is 0 Å². The molecule has 2 aromatic heterocycles. The number of aryl methyl sites for hydroxylation is 2. The maximum atomic E-state index is 11.9. The van der Waals surface area contributed by atoms with Crippen LogP contribution in [0.5, 0.6) is 0 Å². The van der Waals surface area contributed by atoms with Gasteiger partial charge < -0.3 is 4.90 Å². The van der Waals surface area contributed by atoms with Crippen LogP contribution in [0.15, 0.2) is 18.2 Å². The first-order valence-corrected chi connectivity index (χ1v) is 9.00. The fourth-order valence-electron chi connectivity index (χ4n) is 2.82. The summed E-state index contributed by atoms with van der Waals surface area (Å²) in [6.07, 6.45) is 0.587. The molecular formula is C14H20N6O2S. The zero-order valence-electron chi connectivity index (χ0n) is 13.4. The zero-order valence-corrected chi connectivity index (χ0v) is 14.2. The summed E-state index contributed by atoms with van der Waals surface area (Å²) in [6.45, 7) is 4.97. The van der Waals surface area contributed by atoms with E-state index in [2.05, 4.69) is 20.0 Å². The molecule has 0 radical (unpaired) electrons. The minimum absolute atomic E-state index is 0.412. The number of sulfonamides is 1. The van der Waals surface area contributed by atoms with E-state index in [1.54, 1.807) is 4.68 Å². The van der Waals surface area contributed by atoms with Crippen molar-refractivity contribution >= 4 is 15.8 Å². The van der Waals surface area contributed by atoms with Crippen LogP contribution < -0.4 is 9.62 Å². The van der Waals surface area contributed by atoms with Gasteiger partial charge in [0.15, 0.2) is 11.6 Å². The zero-order chi connectivity index (χ0) is 16.6. The Morgan fingerprint density at radius 2 is 1.91 bits per heavy atom. The molecule has 0 aromatic carbocycles. The summed E-state index contributed by atoms with van der Waals surface area (Å²) in [5.41, 5.74) is 1.92. The molecule has 0 spiro atoms. The SMILES string of the molecule is CNS(=O)(=O)C1CCN(c2ccc(-n3nc(C)cc3C)nn2)C1. The van der Waals surface area contributed by atoms with Gasteiger partial charge in [-0.1, -0.05) is 0 Å². The van der Waals surface area contributed by atoms with Crippen LogP contribution in [0, 0.1) is 13.8 Å². The highest BCUT2D eigenvalue weighted by Crippen LogP contribution is 2.22. The molecule has 8 nitrogen and oxygen atoms in total. The maximum absolute atomic E-state index is 11.9. The predicted molar refractivity (Wildman–Crippen MR) is 87.2 cm³/mol. The van der Waals surface area contributed by atoms with E-state index in [9.17, 15) is 8.42 Å². The lowest BCUT2D eigenvalue weighted by atomic mass is 10.4. The molecule has 1 saturated heterocycles. The van der Waals surface area contributed by atoms with Gasteiger partial charge in [0.2, 0.25) is 10.0 Å². The van der Waals surface area contributed by atoms with Crippen LogP contribution in [0.25, 0.3) is 5.82 Å². The molecular weight excluding hydrogens is 316 g/mol. The van der Waals surface area contributed by atoms with Gasteiger partial charge in [0.25, 0.3) is 0 Å². The molecule has 1 aliphatic heterocycles. The molecule has 2 aromatic rings. The van der Waals surface area contributed by atoms with Crippen LogP contribution in [-0.2, 0) is 10.0 Å². The summed E-state index contributed by atoms with van der Waals surface area (Å²) < 4.78 is 27.9. The molecule has 0 aliphatic carbocycles. The van der Waals surface area contributed by atoms with Crippen molar-refractivity contribution in [2.45, 2.75) is 25.5 Å². The van der Waals surface area contributed by atoms with Crippen molar-refractivity contribution in [1.29, 1.82) is 0 Å². The van der Waals surface area contributed by atoms with Crippen molar-refractivity contribution in [2.75, 3.05) is 25.0 Å². The number of nitrogens with zero attached hydrogens (tertiary/aromatic N) is 5. The third kappa shape index (κ3) is 3.06. The molecule has 3 rings (SSSR count). The van der Waals surface area contributed by atoms with Crippen molar-refractivity contribution in [1.82, 2.24) is 24.7 Å². The summed E-state index contributed by atoms with van der Waals surface area (Å²) in [7, 11) is -1.80. The number of rotatable bonds is 4. The molecule has 23 heavy (non-hydrogen) atoms. The quantitative estimate of drug-likeness (QED) is 0.869. The summed E-state index contributed by atoms with van der Waals surface area (Å²) in [5.74, 6) is 1.34. The van der Waals surface area contributed by atoms with Gasteiger partial charge >= 0.3 is 0 Å². The Hall–Kier alpha value is -2.00. The van der Waals surface area contributed by atoms with Crippen molar-refractivity contribution < 1.29 is 8.42 Å². The van der Waals surface area contributed by atoms with E-state index >= 15 is 0 Å². The van der Waals surface area contributed by atoms with Gasteiger partial charge in [-0.15, -0.1) is 10.2 Å². The van der Waals surface area contributed by atoms with Crippen LogP contribution in [0.2, 0.25) is 0 Å². The Morgan fingerprint density at radius 3 is 2.48 bits per heavy atom. The molecule has 0 saturated carbocycles. The minimum atomic E-state index is -3.25. The molecule has 1 aliphatic rings. The second-order valence-corrected chi connectivity index (χ2v) is 7.86. The molecule has 0 bridgehead atoms. The summed E-state index contributed by atoms with van der Waals surface area (Å²) >= 11 is 0. The highest BCUT2D eigenvalue weighted by Gasteiger charge is 2.32. The molecule has 1 N–H and O–H groups in total. The predicted octanol–water partition coefficient (Wildman–Crippen LogP) is 0.407. The van der Waals surface area contributed by atoms with Crippen molar-refractivity contribution in [3.05, 3.63) is 29.6 Å². The largest absolute Gasteiger partial charge is 0.354 e. The molecule has 0 amide bonds. The first-order chi connectivity index (χ1) is 10.9. The van der Waals surface area contributed by atoms with Gasteiger partial charge in [0.05, 0.1) is 10.9 Å². The number of anilines is 1. The Balaban J connectivity index is 1.77. The highest BCUT2D eigenvalue weighted by atomic mass is 32.2. The Kier molecular flexibility index (Phi) is 4.07. The molecule has 124 valence electrons. The Morgan fingerprint density at radius 1 is 1.22 bits per heavy atom. The van der Waals surface area contributed by atoms with Crippen molar-refractivity contribution in [3.63, 3.8) is 0 Å². The monoisotopic (exact) mass is 336 g/mol. The Labute approximate surface area is 135 Å². The van der Waals surface area contributed by atoms with E-state index in [-0.39, 0.29) is 0 Å². The maximum Gasteiger partial charge on any atom is 0.216 e. The van der Waals surface area contributed by atoms with Crippen LogP contribution in [-0.4, -0.2) is 53.8 Å². The van der Waals surface area contributed by atoms with E-state index in [0.29, 0.717) is 31.1 Å². The third-order valence-corrected chi connectivity index (χ3v) is 5.89. The summed E-state index contributed by atoms with van der Waals surface area (Å²) in [4.78, 5) is 1.94. The number of aromatic nitrogens is 4. The molecule has 1 atom stereocenters. The second-order valence-electron chi connectivity index (χ2n) is 5.69. The van der Waals surface area contributed by atoms with Gasteiger partial charge in [0.1, 0.15) is 0 Å². The smallest absolute Gasteiger partial charge is 0.216 e. The van der Waals surface area contributed by atoms with Crippen LogP contribution >= 0.6 is 0 Å². The molecule has 1 unspecified atom stereocenters. The van der Waals surface area contributed by atoms with E-state index in [4.69, 9.17) is 0 Å². The number of hydrogen-bond donors (Lipinski definition) is 1. The van der Waals surface area contributed by atoms with Gasteiger partial charge in [-0.2, -0.15) is 5.10 Å². The first-order valence-electron chi connectivity index (χ1n) is 7.45. The molecule has 9 heteroatoms. The van der Waals surface area contributed by atoms with Crippen LogP contribution in [0.4, 0.5) is 5.82 Å². The van der Waals surface area contributed by atoms with Gasteiger partial charge in [-0.25, -0.2) is 17.8 Å². The number of hydrogen-bond acceptors (Lipinski definition) is 6. The van der Waals surface area contributed by atoms with Crippen LogP contribution in [0.1, 0.15) is 17.8 Å². The van der Waals surface area contributed by atoms with E-state index in [1.165, 1.54) is 7.05 Å². The fourth-order valence-corrected chi connectivity index (χ4v) is 3.94. The average Bonchev–Trinajstić information content (AvgIpc) is 3.15. The lowest BCUT2D eigenvalue weighted by Gasteiger charge is -2.17. The molecule has 1 fully saturated rings. The lowest BCUT2D eigenvalue weighted by Crippen LogP contribution is -2.34. The standard InChI is InChI=1S/C14H20N6O2S/c1-10-8-11(2)20(18-10)14-5-4-13(16-17-14)19-7-6-12(9-19)23(21,22)15-3/h4-5,8,12,15H,6-7,9H2,1-3H3. The van der Waals surface area contributed by atoms with E-state index < -0.39 is 15.3 Å². The first kappa shape index (κ1) is 15.9. The topological polar surface area (TPSA) is 93.0 Å². The average molecular weight is 336 g/mol. The molecule has 3 heterocycles. The normalized spacial score (nSPS) is 18.6. The van der Waals surface area contributed by atoms with Crippen molar-refractivity contribution in [3.8, 4) is 5.82 Å². The van der Waals surface area contributed by atoms with Gasteiger partial charge in [-0.05, 0) is 45.5 Å². The Bertz CT molecular complexity index is 799. The van der Waals surface area contributed by atoms with Crippen molar-refractivity contribution in [2.24, 2.45) is 0 Å². The number of nitrogens with one attached hydrogen (secondary N) is 1. The summed E-state index contributed by atoms with van der Waals surface area (Å²) in [6, 6.07) is 5.68. The minimum Gasteiger partial charge on any atom is -0.354 e. The third-order valence-electron chi connectivity index (χ3n) is 4.06. The summed E-state index contributed by atoms with van der Waals surface area (Å²) in [5, 5.41) is 12.4. The second kappa shape index (κ2) is 5.89.